The lowest BCUT2D eigenvalue weighted by molar-refractivity contribution is 0.0562. The molecule has 0 radical (unpaired) electrons. The Morgan fingerprint density at radius 3 is 3.00 bits per heavy atom. The number of rotatable bonds is 3. The summed E-state index contributed by atoms with van der Waals surface area (Å²) in [6.45, 7) is 0.00806. The Kier molecular flexibility index (Phi) is 2.88. The maximum absolute atomic E-state index is 10.9. The maximum atomic E-state index is 10.9. The van der Waals surface area contributed by atoms with Crippen molar-refractivity contribution in [3.63, 3.8) is 0 Å². The van der Waals surface area contributed by atoms with E-state index in [1.54, 1.807) is 6.07 Å². The fourth-order valence-corrected chi connectivity index (χ4v) is 0.833. The second kappa shape index (κ2) is 3.92. The van der Waals surface area contributed by atoms with Crippen molar-refractivity contribution in [3.05, 3.63) is 23.7 Å². The van der Waals surface area contributed by atoms with Crippen molar-refractivity contribution in [3.8, 4) is 0 Å². The van der Waals surface area contributed by atoms with Crippen LogP contribution in [-0.2, 0) is 11.2 Å². The van der Waals surface area contributed by atoms with Crippen LogP contribution in [0.1, 0.15) is 16.3 Å². The number of hydrogen-bond acceptors (Lipinski definition) is 4. The van der Waals surface area contributed by atoms with Crippen LogP contribution in [0.15, 0.2) is 16.5 Å². The van der Waals surface area contributed by atoms with Gasteiger partial charge in [-0.05, 0) is 12.1 Å². The minimum absolute atomic E-state index is 0.00806. The third kappa shape index (κ3) is 1.85. The van der Waals surface area contributed by atoms with E-state index < -0.39 is 5.97 Å². The number of methoxy groups -OCH3 is 1. The minimum atomic E-state index is -0.501. The van der Waals surface area contributed by atoms with Gasteiger partial charge in [-0.15, -0.1) is 0 Å². The first kappa shape index (κ1) is 8.80. The van der Waals surface area contributed by atoms with Crippen molar-refractivity contribution in [2.45, 2.75) is 6.42 Å². The second-order valence-electron chi connectivity index (χ2n) is 2.23. The first-order valence-corrected chi connectivity index (χ1v) is 3.56. The largest absolute Gasteiger partial charge is 0.463 e. The number of esters is 1. The number of aliphatic hydroxyl groups is 1. The average molecular weight is 170 g/mol. The van der Waals surface area contributed by atoms with Crippen LogP contribution in [0.3, 0.4) is 0 Å². The molecule has 4 nitrogen and oxygen atoms in total. The lowest BCUT2D eigenvalue weighted by Gasteiger charge is -1.93. The van der Waals surface area contributed by atoms with E-state index in [1.165, 1.54) is 13.2 Å². The van der Waals surface area contributed by atoms with E-state index in [4.69, 9.17) is 9.52 Å². The number of ether oxygens (including phenoxy) is 1. The van der Waals surface area contributed by atoms with Gasteiger partial charge in [0.1, 0.15) is 5.76 Å². The van der Waals surface area contributed by atoms with Crippen molar-refractivity contribution < 1.29 is 19.1 Å². The van der Waals surface area contributed by atoms with E-state index >= 15 is 0 Å². The summed E-state index contributed by atoms with van der Waals surface area (Å²) in [5, 5.41) is 8.55. The number of carbonyl (C=O) groups excluding carboxylic acids is 1. The molecule has 0 saturated carbocycles. The molecule has 1 aromatic rings. The fourth-order valence-electron chi connectivity index (χ4n) is 0.833. The normalized spacial score (nSPS) is 9.83. The van der Waals surface area contributed by atoms with Gasteiger partial charge in [0, 0.05) is 6.42 Å². The zero-order valence-corrected chi connectivity index (χ0v) is 6.74. The van der Waals surface area contributed by atoms with Crippen molar-refractivity contribution in [1.29, 1.82) is 0 Å². The fraction of sp³-hybridized carbons (Fsp3) is 0.375. The van der Waals surface area contributed by atoms with Crippen molar-refractivity contribution >= 4 is 5.97 Å². The predicted octanol–water partition coefficient (Wildman–Crippen LogP) is 0.601. The van der Waals surface area contributed by atoms with Gasteiger partial charge in [-0.25, -0.2) is 4.79 Å². The first-order chi connectivity index (χ1) is 5.77. The van der Waals surface area contributed by atoms with Crippen LogP contribution in [0.5, 0.6) is 0 Å². The standard InChI is InChI=1S/C8H10O4/c1-11-8(10)7-3-2-6(12-7)4-5-9/h2-3,9H,4-5H2,1H3. The summed E-state index contributed by atoms with van der Waals surface area (Å²) in [6.07, 6.45) is 0.414. The zero-order valence-electron chi connectivity index (χ0n) is 6.74. The highest BCUT2D eigenvalue weighted by molar-refractivity contribution is 5.86. The Bertz CT molecular complexity index is 264. The molecule has 66 valence electrons. The lowest BCUT2D eigenvalue weighted by atomic mass is 10.3. The summed E-state index contributed by atoms with van der Waals surface area (Å²) in [5.74, 6) is 0.248. The molecule has 0 spiro atoms. The molecular formula is C8H10O4. The molecule has 0 aromatic carbocycles. The molecule has 0 aliphatic carbocycles. The van der Waals surface area contributed by atoms with Crippen LogP contribution < -0.4 is 0 Å². The zero-order chi connectivity index (χ0) is 8.97. The molecule has 1 aromatic heterocycles. The molecule has 0 aliphatic rings. The quantitative estimate of drug-likeness (QED) is 0.675. The molecule has 1 heterocycles. The van der Waals surface area contributed by atoms with Crippen LogP contribution in [0.4, 0.5) is 0 Å². The summed E-state index contributed by atoms with van der Waals surface area (Å²) >= 11 is 0. The highest BCUT2D eigenvalue weighted by Gasteiger charge is 2.09. The summed E-state index contributed by atoms with van der Waals surface area (Å²) < 4.78 is 9.47. The van der Waals surface area contributed by atoms with E-state index in [0.717, 1.165) is 0 Å². The molecule has 0 atom stereocenters. The molecule has 0 saturated heterocycles. The van der Waals surface area contributed by atoms with E-state index in [1.807, 2.05) is 0 Å². The Morgan fingerprint density at radius 2 is 2.42 bits per heavy atom. The Balaban J connectivity index is 2.70. The summed E-state index contributed by atoms with van der Waals surface area (Å²) in [5.41, 5.74) is 0. The van der Waals surface area contributed by atoms with Gasteiger partial charge in [-0.1, -0.05) is 0 Å². The first-order valence-electron chi connectivity index (χ1n) is 3.56. The van der Waals surface area contributed by atoms with Gasteiger partial charge in [-0.2, -0.15) is 0 Å². The van der Waals surface area contributed by atoms with Crippen LogP contribution in [-0.4, -0.2) is 24.8 Å². The Labute approximate surface area is 69.8 Å². The van der Waals surface area contributed by atoms with Gasteiger partial charge in [0.05, 0.1) is 13.7 Å². The van der Waals surface area contributed by atoms with Gasteiger partial charge in [0.15, 0.2) is 0 Å². The molecule has 1 N–H and O–H groups in total. The Morgan fingerprint density at radius 1 is 1.67 bits per heavy atom. The molecule has 0 bridgehead atoms. The number of carbonyl (C=O) groups is 1. The van der Waals surface area contributed by atoms with E-state index in [0.29, 0.717) is 12.2 Å². The van der Waals surface area contributed by atoms with E-state index in [-0.39, 0.29) is 12.4 Å². The summed E-state index contributed by atoms with van der Waals surface area (Å²) in [6, 6.07) is 3.17. The molecule has 0 aliphatic heterocycles. The third-order valence-electron chi connectivity index (χ3n) is 1.41. The monoisotopic (exact) mass is 170 g/mol. The van der Waals surface area contributed by atoms with Crippen LogP contribution in [0.2, 0.25) is 0 Å². The Hall–Kier alpha value is -1.29. The molecule has 1 rings (SSSR count). The van der Waals surface area contributed by atoms with Crippen molar-refractivity contribution in [1.82, 2.24) is 0 Å². The summed E-state index contributed by atoms with van der Waals surface area (Å²) in [4.78, 5) is 10.9. The maximum Gasteiger partial charge on any atom is 0.373 e. The molecule has 12 heavy (non-hydrogen) atoms. The van der Waals surface area contributed by atoms with Gasteiger partial charge >= 0.3 is 5.97 Å². The smallest absolute Gasteiger partial charge is 0.373 e. The van der Waals surface area contributed by atoms with Gasteiger partial charge in [0.2, 0.25) is 5.76 Å². The number of aliphatic hydroxyl groups excluding tert-OH is 1. The molecule has 0 amide bonds. The van der Waals surface area contributed by atoms with Crippen molar-refractivity contribution in [2.75, 3.05) is 13.7 Å². The SMILES string of the molecule is COC(=O)c1ccc(CCO)o1. The average Bonchev–Trinajstić information content (AvgIpc) is 2.52. The third-order valence-corrected chi connectivity index (χ3v) is 1.41. The number of hydrogen-bond donors (Lipinski definition) is 1. The van der Waals surface area contributed by atoms with Gasteiger partial charge in [-0.3, -0.25) is 0 Å². The predicted molar refractivity (Wildman–Crippen MR) is 40.8 cm³/mol. The molecule has 0 fully saturated rings. The molecule has 4 heteroatoms. The van der Waals surface area contributed by atoms with E-state index in [9.17, 15) is 4.79 Å². The highest BCUT2D eigenvalue weighted by Crippen LogP contribution is 2.08. The van der Waals surface area contributed by atoms with E-state index in [2.05, 4.69) is 4.74 Å². The van der Waals surface area contributed by atoms with Crippen LogP contribution in [0, 0.1) is 0 Å². The molecular weight excluding hydrogens is 160 g/mol. The van der Waals surface area contributed by atoms with Gasteiger partial charge in [0.25, 0.3) is 0 Å². The number of furan rings is 1. The minimum Gasteiger partial charge on any atom is -0.463 e. The topological polar surface area (TPSA) is 59.7 Å². The molecule has 0 unspecified atom stereocenters. The van der Waals surface area contributed by atoms with Gasteiger partial charge < -0.3 is 14.3 Å². The lowest BCUT2D eigenvalue weighted by Crippen LogP contribution is -1.98. The highest BCUT2D eigenvalue weighted by atomic mass is 16.5. The second-order valence-corrected chi connectivity index (χ2v) is 2.23. The van der Waals surface area contributed by atoms with Crippen LogP contribution >= 0.6 is 0 Å². The summed E-state index contributed by atoms with van der Waals surface area (Å²) in [7, 11) is 1.29. The van der Waals surface area contributed by atoms with Crippen molar-refractivity contribution in [2.24, 2.45) is 0 Å². The van der Waals surface area contributed by atoms with Crippen LogP contribution in [0.25, 0.3) is 0 Å².